The molecule has 0 fully saturated rings. The summed E-state index contributed by atoms with van der Waals surface area (Å²) in [6.07, 6.45) is 0. The number of carbonyl (C=O) groups is 1. The normalized spacial score (nSPS) is 14.6. The zero-order chi connectivity index (χ0) is 11.8. The van der Waals surface area contributed by atoms with Gasteiger partial charge in [-0.1, -0.05) is 36.4 Å². The van der Waals surface area contributed by atoms with Crippen molar-refractivity contribution in [2.75, 3.05) is 0 Å². The van der Waals surface area contributed by atoms with Gasteiger partial charge >= 0.3 is 0 Å². The molecule has 1 amide bonds. The van der Waals surface area contributed by atoms with Gasteiger partial charge in [0.2, 0.25) is 5.67 Å². The number of halogens is 1. The summed E-state index contributed by atoms with van der Waals surface area (Å²) in [5, 5.41) is 1.90. The number of hydrogen-bond donors (Lipinski definition) is 1. The van der Waals surface area contributed by atoms with E-state index in [1.165, 1.54) is 6.92 Å². The molecular formula is C13H12FNO. The summed E-state index contributed by atoms with van der Waals surface area (Å²) in [7, 11) is 0. The van der Waals surface area contributed by atoms with Crippen LogP contribution in [0.5, 0.6) is 0 Å². The molecule has 0 saturated heterocycles. The lowest BCUT2D eigenvalue weighted by Gasteiger charge is -2.17. The van der Waals surface area contributed by atoms with Crippen LogP contribution < -0.4 is 5.73 Å². The number of benzene rings is 2. The third-order valence-corrected chi connectivity index (χ3v) is 2.75. The topological polar surface area (TPSA) is 43.1 Å². The summed E-state index contributed by atoms with van der Waals surface area (Å²) >= 11 is 0. The number of nitrogens with two attached hydrogens (primary N) is 1. The molecule has 2 rings (SSSR count). The third kappa shape index (κ3) is 1.65. The number of alkyl halides is 1. The summed E-state index contributed by atoms with van der Waals surface area (Å²) in [6.45, 7) is 1.18. The minimum absolute atomic E-state index is 0.290. The van der Waals surface area contributed by atoms with Crippen molar-refractivity contribution in [2.45, 2.75) is 12.6 Å². The second kappa shape index (κ2) is 3.59. The van der Waals surface area contributed by atoms with E-state index >= 15 is 0 Å². The van der Waals surface area contributed by atoms with Crippen molar-refractivity contribution in [3.05, 3.63) is 48.0 Å². The van der Waals surface area contributed by atoms with Crippen molar-refractivity contribution in [3.63, 3.8) is 0 Å². The van der Waals surface area contributed by atoms with Crippen molar-refractivity contribution in [1.82, 2.24) is 0 Å². The Labute approximate surface area is 92.9 Å². The van der Waals surface area contributed by atoms with Crippen LogP contribution in [0.4, 0.5) is 4.39 Å². The maximum Gasteiger partial charge on any atom is 0.259 e. The summed E-state index contributed by atoms with van der Waals surface area (Å²) in [6, 6.07) is 12.6. The van der Waals surface area contributed by atoms with Crippen LogP contribution in [-0.4, -0.2) is 5.91 Å². The first-order chi connectivity index (χ1) is 7.51. The van der Waals surface area contributed by atoms with E-state index in [0.29, 0.717) is 5.56 Å². The van der Waals surface area contributed by atoms with Gasteiger partial charge < -0.3 is 5.73 Å². The van der Waals surface area contributed by atoms with E-state index in [-0.39, 0.29) is 0 Å². The van der Waals surface area contributed by atoms with E-state index in [1.54, 1.807) is 18.2 Å². The molecule has 3 heteroatoms. The highest BCUT2D eigenvalue weighted by atomic mass is 19.1. The Morgan fingerprint density at radius 2 is 1.81 bits per heavy atom. The lowest BCUT2D eigenvalue weighted by atomic mass is 9.95. The fourth-order valence-corrected chi connectivity index (χ4v) is 1.62. The molecule has 0 spiro atoms. The van der Waals surface area contributed by atoms with Crippen LogP contribution in [0.25, 0.3) is 10.8 Å². The van der Waals surface area contributed by atoms with Gasteiger partial charge in [0.15, 0.2) is 0 Å². The van der Waals surface area contributed by atoms with Gasteiger partial charge in [-0.2, -0.15) is 0 Å². The molecule has 0 aromatic heterocycles. The van der Waals surface area contributed by atoms with Crippen LogP contribution in [-0.2, 0) is 10.5 Å². The smallest absolute Gasteiger partial charge is 0.259 e. The van der Waals surface area contributed by atoms with Gasteiger partial charge in [0.25, 0.3) is 5.91 Å². The van der Waals surface area contributed by atoms with E-state index in [1.807, 2.05) is 24.3 Å². The molecule has 2 N–H and O–H groups in total. The Bertz CT molecular complexity index is 548. The van der Waals surface area contributed by atoms with Crippen LogP contribution in [0.3, 0.4) is 0 Å². The molecule has 2 nitrogen and oxygen atoms in total. The van der Waals surface area contributed by atoms with Gasteiger partial charge in [0.05, 0.1) is 0 Å². The van der Waals surface area contributed by atoms with Gasteiger partial charge in [-0.3, -0.25) is 4.79 Å². The monoisotopic (exact) mass is 217 g/mol. The predicted octanol–water partition coefficient (Wildman–Crippen LogP) is 2.51. The fourth-order valence-electron chi connectivity index (χ4n) is 1.62. The zero-order valence-corrected chi connectivity index (χ0v) is 8.91. The van der Waals surface area contributed by atoms with Gasteiger partial charge in [-0.05, 0) is 29.3 Å². The largest absolute Gasteiger partial charge is 0.367 e. The van der Waals surface area contributed by atoms with E-state index in [9.17, 15) is 9.18 Å². The highest BCUT2D eigenvalue weighted by Gasteiger charge is 2.32. The second-order valence-corrected chi connectivity index (χ2v) is 3.93. The van der Waals surface area contributed by atoms with Crippen molar-refractivity contribution < 1.29 is 9.18 Å². The highest BCUT2D eigenvalue weighted by Crippen LogP contribution is 2.27. The standard InChI is InChI=1S/C13H12FNO/c1-13(14,12(15)16)11-7-6-9-4-2-3-5-10(9)8-11/h2-8H,1H3,(H2,15,16). The Kier molecular flexibility index (Phi) is 2.38. The van der Waals surface area contributed by atoms with Crippen molar-refractivity contribution in [3.8, 4) is 0 Å². The number of rotatable bonds is 2. The lowest BCUT2D eigenvalue weighted by Crippen LogP contribution is -2.34. The Hall–Kier alpha value is -1.90. The number of carbonyl (C=O) groups excluding carboxylic acids is 1. The molecular weight excluding hydrogens is 205 g/mol. The predicted molar refractivity (Wildman–Crippen MR) is 61.6 cm³/mol. The molecule has 0 aliphatic carbocycles. The Morgan fingerprint density at radius 3 is 2.44 bits per heavy atom. The fraction of sp³-hybridized carbons (Fsp3) is 0.154. The number of hydrogen-bond acceptors (Lipinski definition) is 1. The van der Waals surface area contributed by atoms with Crippen molar-refractivity contribution >= 4 is 16.7 Å². The van der Waals surface area contributed by atoms with Crippen LogP contribution in [0.2, 0.25) is 0 Å². The number of amides is 1. The third-order valence-electron chi connectivity index (χ3n) is 2.75. The first-order valence-electron chi connectivity index (χ1n) is 5.00. The molecule has 0 bridgehead atoms. The van der Waals surface area contributed by atoms with Gasteiger partial charge in [-0.15, -0.1) is 0 Å². The van der Waals surface area contributed by atoms with Crippen LogP contribution in [0.15, 0.2) is 42.5 Å². The summed E-state index contributed by atoms with van der Waals surface area (Å²) < 4.78 is 14.0. The second-order valence-electron chi connectivity index (χ2n) is 3.93. The summed E-state index contributed by atoms with van der Waals surface area (Å²) in [4.78, 5) is 11.0. The minimum atomic E-state index is -2.12. The molecule has 2 aromatic rings. The zero-order valence-electron chi connectivity index (χ0n) is 8.91. The Balaban J connectivity index is 2.59. The summed E-state index contributed by atoms with van der Waals surface area (Å²) in [5.74, 6) is -0.970. The molecule has 0 radical (unpaired) electrons. The molecule has 1 atom stereocenters. The molecule has 82 valence electrons. The van der Waals surface area contributed by atoms with Crippen LogP contribution >= 0.6 is 0 Å². The molecule has 0 aliphatic heterocycles. The van der Waals surface area contributed by atoms with Gasteiger partial charge in [0.1, 0.15) is 0 Å². The minimum Gasteiger partial charge on any atom is -0.367 e. The van der Waals surface area contributed by atoms with Gasteiger partial charge in [-0.25, -0.2) is 4.39 Å². The summed E-state index contributed by atoms with van der Waals surface area (Å²) in [5.41, 5.74) is 3.20. The van der Waals surface area contributed by atoms with Crippen LogP contribution in [0.1, 0.15) is 12.5 Å². The number of primary amides is 1. The number of fused-ring (bicyclic) bond motifs is 1. The van der Waals surface area contributed by atoms with E-state index in [4.69, 9.17) is 5.73 Å². The maximum atomic E-state index is 14.0. The van der Waals surface area contributed by atoms with Gasteiger partial charge in [0, 0.05) is 0 Å². The first kappa shape index (κ1) is 10.6. The average Bonchev–Trinajstić information content (AvgIpc) is 2.28. The van der Waals surface area contributed by atoms with Crippen molar-refractivity contribution in [1.29, 1.82) is 0 Å². The first-order valence-corrected chi connectivity index (χ1v) is 5.00. The Morgan fingerprint density at radius 1 is 1.19 bits per heavy atom. The quantitative estimate of drug-likeness (QED) is 0.825. The van der Waals surface area contributed by atoms with E-state index < -0.39 is 11.6 Å². The van der Waals surface area contributed by atoms with Crippen molar-refractivity contribution in [2.24, 2.45) is 5.73 Å². The van der Waals surface area contributed by atoms with E-state index in [0.717, 1.165) is 10.8 Å². The highest BCUT2D eigenvalue weighted by molar-refractivity contribution is 5.88. The molecule has 0 saturated carbocycles. The SMILES string of the molecule is CC(F)(C(N)=O)c1ccc2ccccc2c1. The molecule has 1 unspecified atom stereocenters. The maximum absolute atomic E-state index is 14.0. The van der Waals surface area contributed by atoms with E-state index in [2.05, 4.69) is 0 Å². The average molecular weight is 217 g/mol. The molecule has 2 aromatic carbocycles. The molecule has 0 aliphatic rings. The molecule has 16 heavy (non-hydrogen) atoms. The lowest BCUT2D eigenvalue weighted by molar-refractivity contribution is -0.128. The van der Waals surface area contributed by atoms with Crippen LogP contribution in [0, 0.1) is 0 Å². The molecule has 0 heterocycles.